The smallest absolute Gasteiger partial charge is 0.407 e. The summed E-state index contributed by atoms with van der Waals surface area (Å²) < 4.78 is 12.6. The Morgan fingerprint density at radius 3 is 2.85 bits per heavy atom. The second-order valence-electron chi connectivity index (χ2n) is 7.46. The van der Waals surface area contributed by atoms with Crippen LogP contribution in [0.1, 0.15) is 49.5 Å². The second-order valence-corrected chi connectivity index (χ2v) is 7.46. The van der Waals surface area contributed by atoms with Crippen LogP contribution in [0.4, 0.5) is 10.6 Å². The van der Waals surface area contributed by atoms with E-state index in [1.807, 2.05) is 20.8 Å². The normalized spacial score (nSPS) is 19.7. The SMILES string of the molecule is Cn1nccc1C(=O)Nc1cc([C@@H]2C[C@H](OC(=O)NC(C)(C)C)CO2)[nH]n1. The fourth-order valence-electron chi connectivity index (χ4n) is 2.73. The highest BCUT2D eigenvalue weighted by atomic mass is 16.6. The number of carbonyl (C=O) groups excluding carboxylic acids is 2. The maximum atomic E-state index is 12.2. The molecule has 146 valence electrons. The summed E-state index contributed by atoms with van der Waals surface area (Å²) in [5.74, 6) is 0.0788. The lowest BCUT2D eigenvalue weighted by Crippen LogP contribution is -2.42. The summed E-state index contributed by atoms with van der Waals surface area (Å²) in [5, 5.41) is 16.4. The standard InChI is InChI=1S/C17H24N6O4/c1-17(2,3)20-16(25)27-10-7-13(26-9-10)11-8-14(22-21-11)19-15(24)12-5-6-18-23(12)4/h5-6,8,10,13H,7,9H2,1-4H3,(H,20,25)(H2,19,21,22,24)/t10-,13-/m0/s1. The van der Waals surface area contributed by atoms with E-state index in [-0.39, 0.29) is 23.7 Å². The molecule has 10 heteroatoms. The Morgan fingerprint density at radius 2 is 2.19 bits per heavy atom. The number of alkyl carbamates (subject to hydrolysis) is 1. The molecule has 1 aliphatic heterocycles. The first-order chi connectivity index (χ1) is 12.7. The first-order valence-electron chi connectivity index (χ1n) is 8.66. The lowest BCUT2D eigenvalue weighted by Gasteiger charge is -2.21. The van der Waals surface area contributed by atoms with Crippen LogP contribution in [0.5, 0.6) is 0 Å². The summed E-state index contributed by atoms with van der Waals surface area (Å²) in [6.45, 7) is 5.95. The Labute approximate surface area is 156 Å². The Balaban J connectivity index is 1.54. The van der Waals surface area contributed by atoms with Crippen molar-refractivity contribution in [1.82, 2.24) is 25.3 Å². The summed E-state index contributed by atoms with van der Waals surface area (Å²) in [6.07, 6.45) is 0.966. The van der Waals surface area contributed by atoms with E-state index >= 15 is 0 Å². The van der Waals surface area contributed by atoms with E-state index in [0.29, 0.717) is 30.2 Å². The summed E-state index contributed by atoms with van der Waals surface area (Å²) in [5.41, 5.74) is 0.771. The van der Waals surface area contributed by atoms with Crippen molar-refractivity contribution in [2.45, 2.75) is 44.9 Å². The Kier molecular flexibility index (Phi) is 5.17. The maximum Gasteiger partial charge on any atom is 0.407 e. The highest BCUT2D eigenvalue weighted by molar-refractivity contribution is 6.02. The minimum Gasteiger partial charge on any atom is -0.444 e. The number of ether oxygens (including phenoxy) is 2. The van der Waals surface area contributed by atoms with Gasteiger partial charge in [-0.1, -0.05) is 0 Å². The van der Waals surface area contributed by atoms with Gasteiger partial charge in [0.05, 0.1) is 12.3 Å². The minimum absolute atomic E-state index is 0.285. The molecule has 0 bridgehead atoms. The number of H-pyrrole nitrogens is 1. The van der Waals surface area contributed by atoms with Crippen molar-refractivity contribution in [2.75, 3.05) is 11.9 Å². The zero-order chi connectivity index (χ0) is 19.6. The molecule has 2 atom stereocenters. The van der Waals surface area contributed by atoms with Crippen molar-refractivity contribution >= 4 is 17.8 Å². The number of carbonyl (C=O) groups is 2. The number of amides is 2. The molecule has 0 saturated carbocycles. The van der Waals surface area contributed by atoms with Crippen LogP contribution in [0.15, 0.2) is 18.3 Å². The fourth-order valence-corrected chi connectivity index (χ4v) is 2.73. The number of hydrogen-bond acceptors (Lipinski definition) is 6. The number of aromatic nitrogens is 4. The summed E-state index contributed by atoms with van der Waals surface area (Å²) in [7, 11) is 1.69. The number of nitrogens with one attached hydrogen (secondary N) is 3. The van der Waals surface area contributed by atoms with E-state index in [1.54, 1.807) is 25.4 Å². The molecule has 0 radical (unpaired) electrons. The van der Waals surface area contributed by atoms with Crippen LogP contribution < -0.4 is 10.6 Å². The van der Waals surface area contributed by atoms with Crippen molar-refractivity contribution in [3.8, 4) is 0 Å². The molecule has 1 aliphatic rings. The predicted molar refractivity (Wildman–Crippen MR) is 96.2 cm³/mol. The quantitative estimate of drug-likeness (QED) is 0.747. The zero-order valence-corrected chi connectivity index (χ0v) is 15.8. The van der Waals surface area contributed by atoms with Crippen LogP contribution in [0.25, 0.3) is 0 Å². The van der Waals surface area contributed by atoms with Gasteiger partial charge >= 0.3 is 6.09 Å². The molecule has 1 saturated heterocycles. The molecule has 27 heavy (non-hydrogen) atoms. The van der Waals surface area contributed by atoms with E-state index in [4.69, 9.17) is 9.47 Å². The molecule has 0 aromatic carbocycles. The van der Waals surface area contributed by atoms with Crippen LogP contribution in [0.3, 0.4) is 0 Å². The molecule has 3 N–H and O–H groups in total. The van der Waals surface area contributed by atoms with E-state index in [0.717, 1.165) is 0 Å². The average molecular weight is 376 g/mol. The van der Waals surface area contributed by atoms with Crippen molar-refractivity contribution in [3.63, 3.8) is 0 Å². The summed E-state index contributed by atoms with van der Waals surface area (Å²) >= 11 is 0. The molecule has 3 heterocycles. The lowest BCUT2D eigenvalue weighted by atomic mass is 10.1. The van der Waals surface area contributed by atoms with Crippen LogP contribution in [0, 0.1) is 0 Å². The van der Waals surface area contributed by atoms with E-state index in [1.165, 1.54) is 4.68 Å². The van der Waals surface area contributed by atoms with Crippen molar-refractivity contribution < 1.29 is 19.1 Å². The molecule has 3 rings (SSSR count). The van der Waals surface area contributed by atoms with Gasteiger partial charge in [-0.15, -0.1) is 0 Å². The highest BCUT2D eigenvalue weighted by Gasteiger charge is 2.31. The molecule has 10 nitrogen and oxygen atoms in total. The van der Waals surface area contributed by atoms with Crippen LogP contribution in [-0.2, 0) is 16.5 Å². The number of rotatable bonds is 4. The van der Waals surface area contributed by atoms with Gasteiger partial charge in [0.25, 0.3) is 5.91 Å². The Hall–Kier alpha value is -2.88. The summed E-state index contributed by atoms with van der Waals surface area (Å²) in [4.78, 5) is 24.1. The lowest BCUT2D eigenvalue weighted by molar-refractivity contribution is 0.0661. The molecule has 0 spiro atoms. The number of nitrogens with zero attached hydrogens (tertiary/aromatic N) is 3. The largest absolute Gasteiger partial charge is 0.444 e. The highest BCUT2D eigenvalue weighted by Crippen LogP contribution is 2.30. The Morgan fingerprint density at radius 1 is 1.41 bits per heavy atom. The van der Waals surface area contributed by atoms with Crippen LogP contribution >= 0.6 is 0 Å². The molecule has 1 fully saturated rings. The number of aromatic amines is 1. The fraction of sp³-hybridized carbons (Fsp3) is 0.529. The number of hydrogen-bond donors (Lipinski definition) is 3. The first-order valence-corrected chi connectivity index (χ1v) is 8.66. The third kappa shape index (κ3) is 4.85. The van der Waals surface area contributed by atoms with Gasteiger partial charge in [-0.2, -0.15) is 10.2 Å². The van der Waals surface area contributed by atoms with Crippen molar-refractivity contribution in [1.29, 1.82) is 0 Å². The second kappa shape index (κ2) is 7.39. The third-order valence-corrected chi connectivity index (χ3v) is 3.95. The number of aryl methyl sites for hydroxylation is 1. The molecule has 0 aliphatic carbocycles. The van der Waals surface area contributed by atoms with Crippen LogP contribution in [-0.4, -0.2) is 50.2 Å². The van der Waals surface area contributed by atoms with Crippen molar-refractivity contribution in [2.24, 2.45) is 7.05 Å². The van der Waals surface area contributed by atoms with E-state index in [2.05, 4.69) is 25.9 Å². The van der Waals surface area contributed by atoms with Gasteiger partial charge in [0.2, 0.25) is 0 Å². The molecule has 2 aromatic rings. The van der Waals surface area contributed by atoms with Gasteiger partial charge in [-0.3, -0.25) is 14.6 Å². The summed E-state index contributed by atoms with van der Waals surface area (Å²) in [6, 6.07) is 3.32. The predicted octanol–water partition coefficient (Wildman–Crippen LogP) is 1.75. The van der Waals surface area contributed by atoms with E-state index in [9.17, 15) is 9.59 Å². The zero-order valence-electron chi connectivity index (χ0n) is 15.8. The van der Waals surface area contributed by atoms with Crippen LogP contribution in [0.2, 0.25) is 0 Å². The van der Waals surface area contributed by atoms with E-state index < -0.39 is 6.09 Å². The van der Waals surface area contributed by atoms with Gasteiger partial charge < -0.3 is 20.1 Å². The molecular formula is C17H24N6O4. The molecule has 0 unspecified atom stereocenters. The van der Waals surface area contributed by atoms with Crippen molar-refractivity contribution in [3.05, 3.63) is 29.7 Å². The molecular weight excluding hydrogens is 352 g/mol. The monoisotopic (exact) mass is 376 g/mol. The molecule has 2 aromatic heterocycles. The first kappa shape index (κ1) is 18.9. The minimum atomic E-state index is -0.467. The Bertz CT molecular complexity index is 822. The third-order valence-electron chi connectivity index (χ3n) is 3.95. The van der Waals surface area contributed by atoms with Gasteiger partial charge in [0.1, 0.15) is 17.9 Å². The maximum absolute atomic E-state index is 12.2. The van der Waals surface area contributed by atoms with Gasteiger partial charge in [0, 0.05) is 31.3 Å². The van der Waals surface area contributed by atoms with Gasteiger partial charge in [0.15, 0.2) is 5.82 Å². The van der Waals surface area contributed by atoms with Gasteiger partial charge in [-0.25, -0.2) is 4.79 Å². The number of anilines is 1. The molecule has 2 amide bonds. The topological polar surface area (TPSA) is 123 Å². The average Bonchev–Trinajstić information content (AvgIpc) is 3.26. The van der Waals surface area contributed by atoms with Gasteiger partial charge in [-0.05, 0) is 26.8 Å².